The number of nitrogens with one attached hydrogen (secondary N) is 1. The molecule has 0 aliphatic heterocycles. The standard InChI is InChI=1S/C16H21N3O2/c1-15(2)13(16(3,4)14(15)21)18-12(20)10-6-5-9-19-11(10)7-8-17-19/h5-9,13-14,21H,1-4H3,(H,18,20). The van der Waals surface area contributed by atoms with Crippen LogP contribution in [0.15, 0.2) is 30.6 Å². The normalized spacial score (nSPS) is 26.3. The second kappa shape index (κ2) is 4.31. The van der Waals surface area contributed by atoms with Crippen LogP contribution in [-0.2, 0) is 0 Å². The third-order valence-corrected chi connectivity index (χ3v) is 4.85. The van der Waals surface area contributed by atoms with Crippen LogP contribution in [0.1, 0.15) is 38.1 Å². The number of carbonyl (C=O) groups excluding carboxylic acids is 1. The number of nitrogens with zero attached hydrogens (tertiary/aromatic N) is 2. The lowest BCUT2D eigenvalue weighted by Crippen LogP contribution is -2.73. The van der Waals surface area contributed by atoms with Crippen molar-refractivity contribution >= 4 is 11.4 Å². The van der Waals surface area contributed by atoms with Gasteiger partial charge in [-0.3, -0.25) is 4.79 Å². The second-order valence-electron chi connectivity index (χ2n) is 7.03. The molecule has 0 unspecified atom stereocenters. The molecule has 2 aromatic rings. The highest BCUT2D eigenvalue weighted by molar-refractivity contribution is 6.00. The van der Waals surface area contributed by atoms with E-state index in [1.165, 1.54) is 0 Å². The molecular weight excluding hydrogens is 266 g/mol. The summed E-state index contributed by atoms with van der Waals surface area (Å²) in [6, 6.07) is 5.35. The third kappa shape index (κ3) is 1.87. The summed E-state index contributed by atoms with van der Waals surface area (Å²) >= 11 is 0. The van der Waals surface area contributed by atoms with Crippen LogP contribution in [0.4, 0.5) is 0 Å². The number of pyridine rings is 1. The number of fused-ring (bicyclic) bond motifs is 1. The monoisotopic (exact) mass is 287 g/mol. The van der Waals surface area contributed by atoms with E-state index in [4.69, 9.17) is 0 Å². The number of hydrogen-bond donors (Lipinski definition) is 2. The molecule has 2 N–H and O–H groups in total. The Morgan fingerprint density at radius 2 is 1.95 bits per heavy atom. The number of carbonyl (C=O) groups is 1. The molecule has 112 valence electrons. The van der Waals surface area contributed by atoms with E-state index in [2.05, 4.69) is 10.4 Å². The Hall–Kier alpha value is -1.88. The highest BCUT2D eigenvalue weighted by atomic mass is 16.3. The van der Waals surface area contributed by atoms with Gasteiger partial charge in [-0.05, 0) is 18.2 Å². The number of aromatic nitrogens is 2. The maximum atomic E-state index is 12.6. The van der Waals surface area contributed by atoms with Gasteiger partial charge >= 0.3 is 0 Å². The van der Waals surface area contributed by atoms with Crippen LogP contribution in [-0.4, -0.2) is 32.8 Å². The third-order valence-electron chi connectivity index (χ3n) is 4.85. The molecule has 1 aliphatic rings. The highest BCUT2D eigenvalue weighted by Gasteiger charge is 2.61. The maximum absolute atomic E-state index is 12.6. The topological polar surface area (TPSA) is 66.6 Å². The van der Waals surface area contributed by atoms with E-state index in [1.807, 2.05) is 40.0 Å². The summed E-state index contributed by atoms with van der Waals surface area (Å²) in [5.41, 5.74) is 0.725. The van der Waals surface area contributed by atoms with Crippen molar-refractivity contribution in [2.75, 3.05) is 0 Å². The van der Waals surface area contributed by atoms with Gasteiger partial charge in [-0.15, -0.1) is 0 Å². The molecule has 0 spiro atoms. The largest absolute Gasteiger partial charge is 0.392 e. The molecule has 0 atom stereocenters. The number of hydrogen-bond acceptors (Lipinski definition) is 3. The number of aliphatic hydroxyl groups excluding tert-OH is 1. The molecule has 1 aliphatic carbocycles. The quantitative estimate of drug-likeness (QED) is 0.886. The van der Waals surface area contributed by atoms with Crippen molar-refractivity contribution in [3.63, 3.8) is 0 Å². The first-order valence-corrected chi connectivity index (χ1v) is 7.17. The van der Waals surface area contributed by atoms with Gasteiger partial charge in [0.15, 0.2) is 0 Å². The van der Waals surface area contributed by atoms with E-state index in [1.54, 1.807) is 22.8 Å². The molecule has 5 nitrogen and oxygen atoms in total. The average Bonchev–Trinajstić information content (AvgIpc) is 2.91. The van der Waals surface area contributed by atoms with Gasteiger partial charge < -0.3 is 10.4 Å². The molecule has 0 radical (unpaired) electrons. The summed E-state index contributed by atoms with van der Waals surface area (Å²) in [7, 11) is 0. The number of rotatable bonds is 2. The van der Waals surface area contributed by atoms with Gasteiger partial charge in [0.25, 0.3) is 5.91 Å². The van der Waals surface area contributed by atoms with Crippen LogP contribution in [0, 0.1) is 10.8 Å². The van der Waals surface area contributed by atoms with Gasteiger partial charge in [-0.25, -0.2) is 4.52 Å². The van der Waals surface area contributed by atoms with Crippen LogP contribution in [0.25, 0.3) is 5.52 Å². The van der Waals surface area contributed by atoms with E-state index in [9.17, 15) is 9.90 Å². The molecule has 0 bridgehead atoms. The Balaban J connectivity index is 1.89. The molecule has 0 saturated heterocycles. The molecular formula is C16H21N3O2. The van der Waals surface area contributed by atoms with Crippen molar-refractivity contribution in [1.29, 1.82) is 0 Å². The minimum absolute atomic E-state index is 0.0734. The maximum Gasteiger partial charge on any atom is 0.253 e. The van der Waals surface area contributed by atoms with Crippen molar-refractivity contribution in [2.24, 2.45) is 10.8 Å². The lowest BCUT2D eigenvalue weighted by Gasteiger charge is -2.61. The van der Waals surface area contributed by atoms with Crippen LogP contribution in [0.3, 0.4) is 0 Å². The minimum atomic E-state index is -0.430. The predicted molar refractivity (Wildman–Crippen MR) is 80.0 cm³/mol. The molecule has 1 fully saturated rings. The van der Waals surface area contributed by atoms with Crippen LogP contribution < -0.4 is 5.32 Å². The van der Waals surface area contributed by atoms with Crippen LogP contribution in [0.5, 0.6) is 0 Å². The summed E-state index contributed by atoms with van der Waals surface area (Å²) in [5, 5.41) is 17.5. The van der Waals surface area contributed by atoms with Gasteiger partial charge in [0, 0.05) is 23.1 Å². The summed E-state index contributed by atoms with van der Waals surface area (Å²) in [5.74, 6) is -0.126. The summed E-state index contributed by atoms with van der Waals surface area (Å²) in [6.45, 7) is 7.92. The van der Waals surface area contributed by atoms with Crippen LogP contribution >= 0.6 is 0 Å². The van der Waals surface area contributed by atoms with E-state index in [-0.39, 0.29) is 22.8 Å². The molecule has 1 amide bonds. The van der Waals surface area contributed by atoms with Gasteiger partial charge in [0.1, 0.15) is 0 Å². The molecule has 5 heteroatoms. The number of amides is 1. The Bertz CT molecular complexity index is 686. The summed E-state index contributed by atoms with van der Waals surface area (Å²) < 4.78 is 1.68. The Labute approximate surface area is 124 Å². The smallest absolute Gasteiger partial charge is 0.253 e. The first kappa shape index (κ1) is 14.1. The van der Waals surface area contributed by atoms with Gasteiger partial charge in [-0.1, -0.05) is 27.7 Å². The summed E-state index contributed by atoms with van der Waals surface area (Å²) in [6.07, 6.45) is 3.06. The van der Waals surface area contributed by atoms with E-state index >= 15 is 0 Å². The molecule has 2 aromatic heterocycles. The molecule has 0 aromatic carbocycles. The number of aliphatic hydroxyl groups is 1. The zero-order chi connectivity index (χ0) is 15.4. The Morgan fingerprint density at radius 3 is 2.62 bits per heavy atom. The molecule has 1 saturated carbocycles. The fraction of sp³-hybridized carbons (Fsp3) is 0.500. The molecule has 3 rings (SSSR count). The molecule has 21 heavy (non-hydrogen) atoms. The summed E-state index contributed by atoms with van der Waals surface area (Å²) in [4.78, 5) is 12.6. The van der Waals surface area contributed by atoms with Crippen LogP contribution in [0.2, 0.25) is 0 Å². The van der Waals surface area contributed by atoms with E-state index in [0.717, 1.165) is 5.52 Å². The second-order valence-corrected chi connectivity index (χ2v) is 7.03. The fourth-order valence-corrected chi connectivity index (χ4v) is 3.86. The highest BCUT2D eigenvalue weighted by Crippen LogP contribution is 2.53. The zero-order valence-electron chi connectivity index (χ0n) is 12.8. The van der Waals surface area contributed by atoms with Gasteiger partial charge in [-0.2, -0.15) is 5.10 Å². The van der Waals surface area contributed by atoms with E-state index < -0.39 is 6.10 Å². The minimum Gasteiger partial charge on any atom is -0.392 e. The lowest BCUT2D eigenvalue weighted by molar-refractivity contribution is -0.179. The first-order valence-electron chi connectivity index (χ1n) is 7.17. The van der Waals surface area contributed by atoms with E-state index in [0.29, 0.717) is 5.56 Å². The average molecular weight is 287 g/mol. The zero-order valence-corrected chi connectivity index (χ0v) is 12.8. The fourth-order valence-electron chi connectivity index (χ4n) is 3.86. The molecule has 2 heterocycles. The van der Waals surface area contributed by atoms with Gasteiger partial charge in [0.05, 0.1) is 23.4 Å². The first-order chi connectivity index (χ1) is 9.76. The van der Waals surface area contributed by atoms with Crippen molar-refractivity contribution in [3.8, 4) is 0 Å². The van der Waals surface area contributed by atoms with Crippen molar-refractivity contribution < 1.29 is 9.90 Å². The Morgan fingerprint density at radius 1 is 1.29 bits per heavy atom. The van der Waals surface area contributed by atoms with Crippen molar-refractivity contribution in [1.82, 2.24) is 14.9 Å². The van der Waals surface area contributed by atoms with Gasteiger partial charge in [0.2, 0.25) is 0 Å². The van der Waals surface area contributed by atoms with Crippen molar-refractivity contribution in [2.45, 2.75) is 39.8 Å². The van der Waals surface area contributed by atoms with Crippen molar-refractivity contribution in [3.05, 3.63) is 36.2 Å². The lowest BCUT2D eigenvalue weighted by atomic mass is 9.49. The SMILES string of the molecule is CC1(C)C(O)C(C)(C)C1NC(=O)c1cccn2nccc12. The predicted octanol–water partition coefficient (Wildman–Crippen LogP) is 1.86. The Kier molecular flexibility index (Phi) is 2.89.